The van der Waals surface area contributed by atoms with E-state index >= 15 is 0 Å². The third-order valence-corrected chi connectivity index (χ3v) is 2.77. The maximum absolute atomic E-state index is 13.6. The van der Waals surface area contributed by atoms with E-state index in [4.69, 9.17) is 10.5 Å². The van der Waals surface area contributed by atoms with Crippen LogP contribution in [-0.4, -0.2) is 6.61 Å². The molecule has 0 amide bonds. The van der Waals surface area contributed by atoms with Gasteiger partial charge in [-0.3, -0.25) is 0 Å². The van der Waals surface area contributed by atoms with Crippen molar-refractivity contribution >= 4 is 0 Å². The Balaban J connectivity index is 2.73. The van der Waals surface area contributed by atoms with Crippen molar-refractivity contribution in [1.29, 1.82) is 0 Å². The van der Waals surface area contributed by atoms with Crippen molar-refractivity contribution < 1.29 is 9.13 Å². The Morgan fingerprint density at radius 3 is 2.65 bits per heavy atom. The SMILES string of the molecule is CCCC(C)COc1cccc(F)c1[C@@H](C)N. The van der Waals surface area contributed by atoms with Crippen LogP contribution in [0, 0.1) is 11.7 Å². The molecule has 1 rings (SSSR count). The Hall–Kier alpha value is -1.09. The van der Waals surface area contributed by atoms with E-state index in [1.165, 1.54) is 6.07 Å². The van der Waals surface area contributed by atoms with E-state index in [0.717, 1.165) is 12.8 Å². The van der Waals surface area contributed by atoms with Crippen LogP contribution in [0.4, 0.5) is 4.39 Å². The maximum Gasteiger partial charge on any atom is 0.131 e. The third-order valence-electron chi connectivity index (χ3n) is 2.77. The molecule has 0 aromatic heterocycles. The highest BCUT2D eigenvalue weighted by molar-refractivity contribution is 5.36. The predicted octanol–water partition coefficient (Wildman–Crippen LogP) is 3.66. The summed E-state index contributed by atoms with van der Waals surface area (Å²) in [4.78, 5) is 0. The topological polar surface area (TPSA) is 35.2 Å². The van der Waals surface area contributed by atoms with Gasteiger partial charge in [-0.05, 0) is 31.4 Å². The zero-order valence-electron chi connectivity index (χ0n) is 10.9. The largest absolute Gasteiger partial charge is 0.493 e. The molecule has 0 saturated carbocycles. The number of hydrogen-bond donors (Lipinski definition) is 1. The predicted molar refractivity (Wildman–Crippen MR) is 68.6 cm³/mol. The first kappa shape index (κ1) is 14.0. The second-order valence-electron chi connectivity index (χ2n) is 4.65. The van der Waals surface area contributed by atoms with Gasteiger partial charge in [0.15, 0.2) is 0 Å². The number of halogens is 1. The van der Waals surface area contributed by atoms with Crippen molar-refractivity contribution in [3.8, 4) is 5.75 Å². The maximum atomic E-state index is 13.6. The lowest BCUT2D eigenvalue weighted by Crippen LogP contribution is -2.13. The van der Waals surface area contributed by atoms with Gasteiger partial charge in [-0.15, -0.1) is 0 Å². The summed E-state index contributed by atoms with van der Waals surface area (Å²) in [5.74, 6) is 0.757. The first-order chi connectivity index (χ1) is 8.06. The molecule has 0 spiro atoms. The fourth-order valence-corrected chi connectivity index (χ4v) is 1.89. The summed E-state index contributed by atoms with van der Waals surface area (Å²) in [5.41, 5.74) is 6.23. The number of ether oxygens (including phenoxy) is 1. The zero-order chi connectivity index (χ0) is 12.8. The van der Waals surface area contributed by atoms with Crippen molar-refractivity contribution in [1.82, 2.24) is 0 Å². The van der Waals surface area contributed by atoms with Crippen molar-refractivity contribution in [2.45, 2.75) is 39.7 Å². The van der Waals surface area contributed by atoms with Crippen LogP contribution < -0.4 is 10.5 Å². The first-order valence-electron chi connectivity index (χ1n) is 6.23. The van der Waals surface area contributed by atoms with Crippen molar-refractivity contribution in [3.63, 3.8) is 0 Å². The van der Waals surface area contributed by atoms with Gasteiger partial charge in [0.1, 0.15) is 11.6 Å². The summed E-state index contributed by atoms with van der Waals surface area (Å²) in [6.07, 6.45) is 2.25. The molecule has 0 radical (unpaired) electrons. The quantitative estimate of drug-likeness (QED) is 0.822. The van der Waals surface area contributed by atoms with Crippen LogP contribution in [0.5, 0.6) is 5.75 Å². The highest BCUT2D eigenvalue weighted by Gasteiger charge is 2.14. The summed E-state index contributed by atoms with van der Waals surface area (Å²) in [6, 6.07) is 4.50. The third kappa shape index (κ3) is 4.00. The number of rotatable bonds is 6. The monoisotopic (exact) mass is 239 g/mol. The first-order valence-corrected chi connectivity index (χ1v) is 6.23. The van der Waals surface area contributed by atoms with Crippen LogP contribution in [0.3, 0.4) is 0 Å². The average Bonchev–Trinajstić information content (AvgIpc) is 2.26. The molecule has 96 valence electrons. The zero-order valence-corrected chi connectivity index (χ0v) is 10.9. The number of benzene rings is 1. The molecule has 2 N–H and O–H groups in total. The molecule has 0 aliphatic heterocycles. The smallest absolute Gasteiger partial charge is 0.131 e. The normalized spacial score (nSPS) is 14.4. The Morgan fingerprint density at radius 2 is 2.06 bits per heavy atom. The van der Waals surface area contributed by atoms with Gasteiger partial charge in [0, 0.05) is 11.6 Å². The Morgan fingerprint density at radius 1 is 1.35 bits per heavy atom. The van der Waals surface area contributed by atoms with E-state index in [1.54, 1.807) is 19.1 Å². The van der Waals surface area contributed by atoms with E-state index < -0.39 is 0 Å². The molecule has 0 bridgehead atoms. The summed E-state index contributed by atoms with van der Waals surface area (Å²) < 4.78 is 19.3. The molecule has 0 saturated heterocycles. The molecule has 1 aromatic rings. The molecule has 0 fully saturated rings. The number of hydrogen-bond acceptors (Lipinski definition) is 2. The molecule has 2 atom stereocenters. The Labute approximate surface area is 103 Å². The lowest BCUT2D eigenvalue weighted by molar-refractivity contribution is 0.247. The van der Waals surface area contributed by atoms with E-state index in [1.807, 2.05) is 0 Å². The standard InChI is InChI=1S/C14H22FNO/c1-4-6-10(2)9-17-13-8-5-7-12(15)14(13)11(3)16/h5,7-8,10-11H,4,6,9,16H2,1-3H3/t10?,11-/m1/s1. The Bertz CT molecular complexity index is 352. The van der Waals surface area contributed by atoms with Crippen LogP contribution in [0.25, 0.3) is 0 Å². The highest BCUT2D eigenvalue weighted by Crippen LogP contribution is 2.27. The fourth-order valence-electron chi connectivity index (χ4n) is 1.89. The van der Waals surface area contributed by atoms with Gasteiger partial charge >= 0.3 is 0 Å². The van der Waals surface area contributed by atoms with Crippen molar-refractivity contribution in [2.75, 3.05) is 6.61 Å². The summed E-state index contributed by atoms with van der Waals surface area (Å²) in [7, 11) is 0. The number of nitrogens with two attached hydrogens (primary N) is 1. The van der Waals surface area contributed by atoms with Gasteiger partial charge in [-0.25, -0.2) is 4.39 Å². The molecule has 0 aliphatic carbocycles. The van der Waals surface area contributed by atoms with Crippen LogP contribution in [0.15, 0.2) is 18.2 Å². The lowest BCUT2D eigenvalue weighted by Gasteiger charge is -2.17. The van der Waals surface area contributed by atoms with Gasteiger partial charge in [0.25, 0.3) is 0 Å². The summed E-state index contributed by atoms with van der Waals surface area (Å²) in [5, 5.41) is 0. The fraction of sp³-hybridized carbons (Fsp3) is 0.571. The van der Waals surface area contributed by atoms with E-state index in [-0.39, 0.29) is 11.9 Å². The molecule has 1 aromatic carbocycles. The van der Waals surface area contributed by atoms with Gasteiger partial charge in [0.2, 0.25) is 0 Å². The van der Waals surface area contributed by atoms with Crippen molar-refractivity contribution in [3.05, 3.63) is 29.6 Å². The van der Waals surface area contributed by atoms with Crippen LogP contribution in [-0.2, 0) is 0 Å². The highest BCUT2D eigenvalue weighted by atomic mass is 19.1. The van der Waals surface area contributed by atoms with Crippen molar-refractivity contribution in [2.24, 2.45) is 11.7 Å². The minimum Gasteiger partial charge on any atom is -0.493 e. The van der Waals surface area contributed by atoms with Crippen LogP contribution in [0.2, 0.25) is 0 Å². The van der Waals surface area contributed by atoms with Gasteiger partial charge in [0.05, 0.1) is 6.61 Å². The molecule has 0 aliphatic rings. The van der Waals surface area contributed by atoms with Gasteiger partial charge in [-0.2, -0.15) is 0 Å². The molecule has 3 heteroatoms. The molecule has 2 nitrogen and oxygen atoms in total. The second kappa shape index (κ2) is 6.60. The molecule has 17 heavy (non-hydrogen) atoms. The minimum absolute atomic E-state index is 0.291. The molecule has 0 heterocycles. The molecular weight excluding hydrogens is 217 g/mol. The van der Waals surface area contributed by atoms with E-state index in [0.29, 0.717) is 23.8 Å². The molecule has 1 unspecified atom stereocenters. The van der Waals surface area contributed by atoms with Gasteiger partial charge in [-0.1, -0.05) is 26.3 Å². The lowest BCUT2D eigenvalue weighted by atomic mass is 10.1. The van der Waals surface area contributed by atoms with Crippen LogP contribution in [0.1, 0.15) is 45.2 Å². The average molecular weight is 239 g/mol. The van der Waals surface area contributed by atoms with E-state index in [9.17, 15) is 4.39 Å². The van der Waals surface area contributed by atoms with Gasteiger partial charge < -0.3 is 10.5 Å². The summed E-state index contributed by atoms with van der Waals surface area (Å²) in [6.45, 7) is 6.65. The summed E-state index contributed by atoms with van der Waals surface area (Å²) >= 11 is 0. The molecular formula is C14H22FNO. The minimum atomic E-state index is -0.354. The van der Waals surface area contributed by atoms with E-state index in [2.05, 4.69) is 13.8 Å². The second-order valence-corrected chi connectivity index (χ2v) is 4.65. The Kier molecular flexibility index (Phi) is 5.42. The van der Waals surface area contributed by atoms with Crippen LogP contribution >= 0.6 is 0 Å².